The van der Waals surface area contributed by atoms with Crippen LogP contribution in [0.1, 0.15) is 0 Å². The van der Waals surface area contributed by atoms with Gasteiger partial charge in [-0.1, -0.05) is 18.2 Å². The van der Waals surface area contributed by atoms with Gasteiger partial charge in [0.05, 0.1) is 5.69 Å². The third kappa shape index (κ3) is 4.03. The zero-order chi connectivity index (χ0) is 15.5. The van der Waals surface area contributed by atoms with Gasteiger partial charge < -0.3 is 4.90 Å². The molecule has 0 saturated carbocycles. The fourth-order valence-corrected chi connectivity index (χ4v) is 2.65. The Bertz CT molecular complexity index is 759. The number of hydrogen-bond donors (Lipinski definition) is 0. The highest BCUT2D eigenvalue weighted by Crippen LogP contribution is 2.32. The summed E-state index contributed by atoms with van der Waals surface area (Å²) in [6, 6.07) is 13.8. The Kier molecular flexibility index (Phi) is 4.59. The van der Waals surface area contributed by atoms with Crippen LogP contribution in [0.25, 0.3) is 0 Å². The standard InChI is InChI=1S/C14H14ClN3O2S/c1-18(2)12-8-9-14(21(15,19)20)13(10-12)17-16-11-6-4-3-5-7-11/h3-10H,1-2H3. The van der Waals surface area contributed by atoms with Gasteiger partial charge >= 0.3 is 0 Å². The lowest BCUT2D eigenvalue weighted by molar-refractivity contribution is 0.609. The maximum atomic E-state index is 11.6. The highest BCUT2D eigenvalue weighted by Gasteiger charge is 2.16. The third-order valence-corrected chi connectivity index (χ3v) is 4.12. The van der Waals surface area contributed by atoms with Crippen LogP contribution in [0, 0.1) is 0 Å². The Balaban J connectivity index is 2.49. The van der Waals surface area contributed by atoms with E-state index in [9.17, 15) is 8.42 Å². The molecule has 0 aromatic heterocycles. The fraction of sp³-hybridized carbons (Fsp3) is 0.143. The minimum atomic E-state index is -3.88. The summed E-state index contributed by atoms with van der Waals surface area (Å²) in [5, 5.41) is 8.06. The predicted octanol–water partition coefficient (Wildman–Crippen LogP) is 4.10. The predicted molar refractivity (Wildman–Crippen MR) is 84.4 cm³/mol. The summed E-state index contributed by atoms with van der Waals surface area (Å²) in [5.41, 5.74) is 1.65. The zero-order valence-corrected chi connectivity index (χ0v) is 13.1. The van der Waals surface area contributed by atoms with Crippen LogP contribution in [0.15, 0.2) is 63.7 Å². The Morgan fingerprint density at radius 1 is 1.00 bits per heavy atom. The van der Waals surface area contributed by atoms with Crippen LogP contribution in [0.3, 0.4) is 0 Å². The second-order valence-electron chi connectivity index (χ2n) is 4.52. The van der Waals surface area contributed by atoms with Gasteiger partial charge in [-0.25, -0.2) is 8.42 Å². The number of anilines is 1. The van der Waals surface area contributed by atoms with Gasteiger partial charge in [-0.3, -0.25) is 0 Å². The maximum Gasteiger partial charge on any atom is 0.263 e. The van der Waals surface area contributed by atoms with Crippen molar-refractivity contribution in [2.75, 3.05) is 19.0 Å². The molecule has 0 radical (unpaired) electrons. The maximum absolute atomic E-state index is 11.6. The van der Waals surface area contributed by atoms with Gasteiger partial charge in [0.15, 0.2) is 0 Å². The van der Waals surface area contributed by atoms with Crippen LogP contribution in [0.2, 0.25) is 0 Å². The van der Waals surface area contributed by atoms with Crippen molar-refractivity contribution in [1.82, 2.24) is 0 Å². The molecule has 0 unspecified atom stereocenters. The first-order chi connectivity index (χ1) is 9.88. The van der Waals surface area contributed by atoms with Crippen molar-refractivity contribution in [2.24, 2.45) is 10.2 Å². The van der Waals surface area contributed by atoms with Crippen molar-refractivity contribution in [2.45, 2.75) is 4.90 Å². The molecule has 0 bridgehead atoms. The molecule has 0 heterocycles. The molecule has 2 aromatic rings. The fourth-order valence-electron chi connectivity index (χ4n) is 1.67. The van der Waals surface area contributed by atoms with E-state index in [0.29, 0.717) is 5.69 Å². The Hall–Kier alpha value is -1.92. The van der Waals surface area contributed by atoms with E-state index >= 15 is 0 Å². The van der Waals surface area contributed by atoms with Crippen LogP contribution in [-0.2, 0) is 9.05 Å². The van der Waals surface area contributed by atoms with Gasteiger partial charge in [-0.2, -0.15) is 5.11 Å². The minimum Gasteiger partial charge on any atom is -0.378 e. The number of halogens is 1. The van der Waals surface area contributed by atoms with E-state index in [1.54, 1.807) is 24.3 Å². The molecule has 2 aromatic carbocycles. The number of rotatable bonds is 4. The monoisotopic (exact) mass is 323 g/mol. The topological polar surface area (TPSA) is 62.1 Å². The van der Waals surface area contributed by atoms with E-state index in [1.807, 2.05) is 37.2 Å². The highest BCUT2D eigenvalue weighted by molar-refractivity contribution is 8.13. The van der Waals surface area contributed by atoms with Gasteiger partial charge in [0.1, 0.15) is 10.6 Å². The first kappa shape index (κ1) is 15.5. The van der Waals surface area contributed by atoms with Crippen LogP contribution in [0.5, 0.6) is 0 Å². The van der Waals surface area contributed by atoms with Gasteiger partial charge in [-0.15, -0.1) is 5.11 Å². The summed E-state index contributed by atoms with van der Waals surface area (Å²) in [7, 11) is 5.25. The molecule has 0 fully saturated rings. The van der Waals surface area contributed by atoms with Crippen LogP contribution in [-0.4, -0.2) is 22.5 Å². The highest BCUT2D eigenvalue weighted by atomic mass is 35.7. The molecule has 0 aliphatic heterocycles. The second kappa shape index (κ2) is 6.24. The van der Waals surface area contributed by atoms with Crippen molar-refractivity contribution >= 4 is 36.8 Å². The van der Waals surface area contributed by atoms with Crippen molar-refractivity contribution < 1.29 is 8.42 Å². The van der Waals surface area contributed by atoms with Crippen LogP contribution >= 0.6 is 10.7 Å². The first-order valence-corrected chi connectivity index (χ1v) is 8.42. The van der Waals surface area contributed by atoms with Gasteiger partial charge in [-0.05, 0) is 30.3 Å². The SMILES string of the molecule is CN(C)c1ccc(S(=O)(=O)Cl)c(N=Nc2ccccc2)c1. The summed E-state index contributed by atoms with van der Waals surface area (Å²) >= 11 is 0. The third-order valence-electron chi connectivity index (χ3n) is 2.75. The number of benzene rings is 2. The summed E-state index contributed by atoms with van der Waals surface area (Å²) < 4.78 is 23.2. The molecule has 0 aliphatic carbocycles. The Morgan fingerprint density at radius 2 is 1.67 bits per heavy atom. The molecule has 0 spiro atoms. The molecular formula is C14H14ClN3O2S. The molecule has 7 heteroatoms. The van der Waals surface area contributed by atoms with E-state index in [-0.39, 0.29) is 10.6 Å². The molecule has 5 nitrogen and oxygen atoms in total. The molecule has 21 heavy (non-hydrogen) atoms. The number of azo groups is 1. The van der Waals surface area contributed by atoms with E-state index in [4.69, 9.17) is 10.7 Å². The first-order valence-electron chi connectivity index (χ1n) is 6.11. The summed E-state index contributed by atoms with van der Waals surface area (Å²) in [6.45, 7) is 0. The normalized spacial score (nSPS) is 11.8. The second-order valence-corrected chi connectivity index (χ2v) is 7.05. The largest absolute Gasteiger partial charge is 0.378 e. The molecule has 0 amide bonds. The molecule has 0 aliphatic rings. The van der Waals surface area contributed by atoms with Crippen molar-refractivity contribution in [3.8, 4) is 0 Å². The van der Waals surface area contributed by atoms with Crippen molar-refractivity contribution in [3.05, 3.63) is 48.5 Å². The minimum absolute atomic E-state index is 0.0607. The van der Waals surface area contributed by atoms with E-state index in [0.717, 1.165) is 5.69 Å². The average Bonchev–Trinajstić information content (AvgIpc) is 2.45. The molecule has 110 valence electrons. The van der Waals surface area contributed by atoms with Gasteiger partial charge in [0, 0.05) is 30.5 Å². The number of nitrogens with zero attached hydrogens (tertiary/aromatic N) is 3. The van der Waals surface area contributed by atoms with Crippen molar-refractivity contribution in [3.63, 3.8) is 0 Å². The van der Waals surface area contributed by atoms with Gasteiger partial charge in [0.25, 0.3) is 9.05 Å². The van der Waals surface area contributed by atoms with Gasteiger partial charge in [0.2, 0.25) is 0 Å². The Labute approximate surface area is 128 Å². The lowest BCUT2D eigenvalue weighted by Gasteiger charge is -2.13. The summed E-state index contributed by atoms with van der Waals surface area (Å²) in [4.78, 5) is 1.78. The summed E-state index contributed by atoms with van der Waals surface area (Å²) in [5.74, 6) is 0. The molecule has 0 N–H and O–H groups in total. The zero-order valence-electron chi connectivity index (χ0n) is 11.6. The molecule has 2 rings (SSSR count). The number of hydrogen-bond acceptors (Lipinski definition) is 5. The lowest BCUT2D eigenvalue weighted by atomic mass is 10.2. The van der Waals surface area contributed by atoms with E-state index in [1.165, 1.54) is 6.07 Å². The van der Waals surface area contributed by atoms with Crippen LogP contribution in [0.4, 0.5) is 17.1 Å². The average molecular weight is 324 g/mol. The molecule has 0 saturated heterocycles. The smallest absolute Gasteiger partial charge is 0.263 e. The van der Waals surface area contributed by atoms with Crippen molar-refractivity contribution in [1.29, 1.82) is 0 Å². The molecule has 0 atom stereocenters. The Morgan fingerprint density at radius 3 is 2.24 bits per heavy atom. The lowest BCUT2D eigenvalue weighted by Crippen LogP contribution is -2.08. The molecular weight excluding hydrogens is 310 g/mol. The summed E-state index contributed by atoms with van der Waals surface area (Å²) in [6.07, 6.45) is 0. The van der Waals surface area contributed by atoms with E-state index in [2.05, 4.69) is 10.2 Å². The quantitative estimate of drug-likeness (QED) is 0.628. The van der Waals surface area contributed by atoms with Crippen LogP contribution < -0.4 is 4.90 Å². The van der Waals surface area contributed by atoms with E-state index < -0.39 is 9.05 Å².